The molecule has 11 heteroatoms. The van der Waals surface area contributed by atoms with Gasteiger partial charge in [-0.1, -0.05) is 22.9 Å². The van der Waals surface area contributed by atoms with Crippen LogP contribution in [0.2, 0.25) is 4.47 Å². The molecule has 0 bridgehead atoms. The van der Waals surface area contributed by atoms with Crippen molar-refractivity contribution in [1.29, 1.82) is 0 Å². The number of hydrogen-bond acceptors (Lipinski definition) is 8. The minimum atomic E-state index is 0.555. The monoisotopic (exact) mass is 547 g/mol. The molecule has 4 aromatic heterocycles. The molecule has 0 radical (unpaired) electrons. The highest BCUT2D eigenvalue weighted by Crippen LogP contribution is 2.30. The van der Waals surface area contributed by atoms with Crippen LogP contribution in [0.25, 0.3) is 20.4 Å². The molecule has 5 heterocycles. The summed E-state index contributed by atoms with van der Waals surface area (Å²) in [5.41, 5.74) is 1.82. The number of morpholine rings is 1. The van der Waals surface area contributed by atoms with Crippen molar-refractivity contribution in [3.63, 3.8) is 0 Å². The number of halogens is 3. The van der Waals surface area contributed by atoms with Crippen molar-refractivity contribution < 1.29 is 4.74 Å². The molecule has 0 spiro atoms. The van der Waals surface area contributed by atoms with E-state index in [2.05, 4.69) is 56.7 Å². The van der Waals surface area contributed by atoms with E-state index in [1.165, 1.54) is 16.0 Å². The molecular weight excluding hydrogens is 538 g/mol. The Morgan fingerprint density at radius 1 is 0.926 bits per heavy atom. The molecule has 0 aromatic carbocycles. The van der Waals surface area contributed by atoms with Crippen LogP contribution in [-0.2, 0) is 4.74 Å². The number of nitrogens with zero attached hydrogens (tertiary/aromatic N) is 5. The quantitative estimate of drug-likeness (QED) is 0.297. The Bertz CT molecular complexity index is 1080. The van der Waals surface area contributed by atoms with E-state index in [0.29, 0.717) is 4.47 Å². The summed E-state index contributed by atoms with van der Waals surface area (Å²) in [7, 11) is 0. The molecule has 1 aliphatic heterocycles. The topological polar surface area (TPSA) is 64.0 Å². The third-order valence-electron chi connectivity index (χ3n) is 3.73. The van der Waals surface area contributed by atoms with Crippen LogP contribution in [0.4, 0.5) is 5.13 Å². The third-order valence-corrected chi connectivity index (χ3v) is 6.80. The van der Waals surface area contributed by atoms with Crippen LogP contribution in [0.1, 0.15) is 0 Å². The third kappa shape index (κ3) is 4.75. The minimum absolute atomic E-state index is 0.555. The van der Waals surface area contributed by atoms with Crippen molar-refractivity contribution in [1.82, 2.24) is 19.9 Å². The number of fused-ring (bicyclic) bond motifs is 2. The van der Waals surface area contributed by atoms with Gasteiger partial charge in [0, 0.05) is 13.1 Å². The zero-order valence-electron chi connectivity index (χ0n) is 13.7. The molecule has 6 nitrogen and oxygen atoms in total. The lowest BCUT2D eigenvalue weighted by Crippen LogP contribution is -2.36. The Kier molecular flexibility index (Phi) is 6.20. The van der Waals surface area contributed by atoms with Crippen LogP contribution < -0.4 is 4.90 Å². The SMILES string of the molecule is Brc1cc2sc(N3CCOCC3)nc2cn1.Clc1nc2cnc(Br)cc2s1. The first kappa shape index (κ1) is 19.4. The smallest absolute Gasteiger partial charge is 0.186 e. The predicted octanol–water partition coefficient (Wildman–Crippen LogP) is 5.40. The maximum Gasteiger partial charge on any atom is 0.186 e. The molecule has 0 amide bonds. The van der Waals surface area contributed by atoms with Gasteiger partial charge >= 0.3 is 0 Å². The molecule has 4 aromatic rings. The lowest BCUT2D eigenvalue weighted by Gasteiger charge is -2.25. The van der Waals surface area contributed by atoms with Gasteiger partial charge in [-0.3, -0.25) is 0 Å². The lowest BCUT2D eigenvalue weighted by atomic mass is 10.4. The minimum Gasteiger partial charge on any atom is -0.378 e. The van der Waals surface area contributed by atoms with Crippen molar-refractivity contribution in [2.24, 2.45) is 0 Å². The number of aromatic nitrogens is 4. The fraction of sp³-hybridized carbons (Fsp3) is 0.250. The van der Waals surface area contributed by atoms with Crippen LogP contribution in [-0.4, -0.2) is 46.2 Å². The van der Waals surface area contributed by atoms with E-state index < -0.39 is 0 Å². The number of pyridine rings is 2. The second-order valence-corrected chi connectivity index (χ2v) is 9.76. The summed E-state index contributed by atoms with van der Waals surface area (Å²) in [6.07, 6.45) is 3.50. The van der Waals surface area contributed by atoms with Crippen LogP contribution in [0.3, 0.4) is 0 Å². The van der Waals surface area contributed by atoms with Crippen LogP contribution in [0.5, 0.6) is 0 Å². The molecule has 1 aliphatic rings. The van der Waals surface area contributed by atoms with E-state index in [0.717, 1.165) is 56.4 Å². The summed E-state index contributed by atoms with van der Waals surface area (Å²) >= 11 is 15.5. The number of ether oxygens (including phenoxy) is 1. The number of thiazole rings is 2. The van der Waals surface area contributed by atoms with Crippen LogP contribution in [0.15, 0.2) is 33.7 Å². The summed E-state index contributed by atoms with van der Waals surface area (Å²) in [5.74, 6) is 0. The zero-order chi connectivity index (χ0) is 18.8. The van der Waals surface area contributed by atoms with Crippen molar-refractivity contribution in [3.05, 3.63) is 38.2 Å². The maximum atomic E-state index is 5.70. The molecule has 1 saturated heterocycles. The zero-order valence-corrected chi connectivity index (χ0v) is 19.3. The van der Waals surface area contributed by atoms with Gasteiger partial charge in [-0.25, -0.2) is 19.9 Å². The highest BCUT2D eigenvalue weighted by atomic mass is 79.9. The summed E-state index contributed by atoms with van der Waals surface area (Å²) in [6, 6.07) is 3.91. The van der Waals surface area contributed by atoms with Gasteiger partial charge in [0.05, 0.1) is 35.0 Å². The molecule has 0 unspecified atom stereocenters. The largest absolute Gasteiger partial charge is 0.378 e. The number of rotatable bonds is 1. The van der Waals surface area contributed by atoms with Gasteiger partial charge in [0.15, 0.2) is 9.60 Å². The first-order valence-electron chi connectivity index (χ1n) is 7.91. The molecule has 0 atom stereocenters. The molecule has 0 aliphatic carbocycles. The van der Waals surface area contributed by atoms with E-state index in [1.54, 1.807) is 23.7 Å². The van der Waals surface area contributed by atoms with Gasteiger partial charge in [-0.2, -0.15) is 0 Å². The second-order valence-electron chi connectivity index (χ2n) is 5.51. The molecule has 1 fully saturated rings. The van der Waals surface area contributed by atoms with E-state index >= 15 is 0 Å². The van der Waals surface area contributed by atoms with E-state index in [1.807, 2.05) is 12.1 Å². The van der Waals surface area contributed by atoms with E-state index in [9.17, 15) is 0 Å². The molecule has 0 saturated carbocycles. The van der Waals surface area contributed by atoms with E-state index in [-0.39, 0.29) is 0 Å². The van der Waals surface area contributed by atoms with Gasteiger partial charge in [0.2, 0.25) is 0 Å². The predicted molar refractivity (Wildman–Crippen MR) is 118 cm³/mol. The van der Waals surface area contributed by atoms with Crippen molar-refractivity contribution >= 4 is 91.7 Å². The number of hydrogen-bond donors (Lipinski definition) is 0. The molecule has 27 heavy (non-hydrogen) atoms. The lowest BCUT2D eigenvalue weighted by molar-refractivity contribution is 0.122. The summed E-state index contributed by atoms with van der Waals surface area (Å²) in [4.78, 5) is 19.1. The van der Waals surface area contributed by atoms with Gasteiger partial charge in [-0.15, -0.1) is 11.3 Å². The fourth-order valence-corrected chi connectivity index (χ4v) is 5.50. The highest BCUT2D eigenvalue weighted by Gasteiger charge is 2.15. The molecule has 5 rings (SSSR count). The molecule has 140 valence electrons. The summed E-state index contributed by atoms with van der Waals surface area (Å²) in [6.45, 7) is 3.43. The average molecular weight is 550 g/mol. The Balaban J connectivity index is 0.000000143. The van der Waals surface area contributed by atoms with Crippen LogP contribution >= 0.6 is 66.1 Å². The standard InChI is InChI=1S/C10H10BrN3OS.C6H2BrClN2S/c11-9-5-8-7(6-12-9)13-10(16-8)14-1-3-15-4-2-14;7-5-1-4-3(2-9-5)10-6(8)11-4/h5-6H,1-4H2;1-2H. The Labute approximate surface area is 184 Å². The van der Waals surface area contributed by atoms with Crippen molar-refractivity contribution in [2.45, 2.75) is 0 Å². The summed E-state index contributed by atoms with van der Waals surface area (Å²) < 4.78 is 9.78. The second kappa shape index (κ2) is 8.62. The summed E-state index contributed by atoms with van der Waals surface area (Å²) in [5, 5.41) is 1.07. The van der Waals surface area contributed by atoms with Crippen molar-refractivity contribution in [3.8, 4) is 0 Å². The van der Waals surface area contributed by atoms with Gasteiger partial charge < -0.3 is 9.64 Å². The maximum absolute atomic E-state index is 5.70. The normalized spacial score (nSPS) is 14.4. The van der Waals surface area contributed by atoms with Gasteiger partial charge in [0.25, 0.3) is 0 Å². The highest BCUT2D eigenvalue weighted by molar-refractivity contribution is 9.10. The molecular formula is C16H12Br2ClN5OS2. The Hall–Kier alpha value is -0.910. The van der Waals surface area contributed by atoms with Gasteiger partial charge in [-0.05, 0) is 44.0 Å². The first-order valence-corrected chi connectivity index (χ1v) is 11.5. The number of anilines is 1. The Morgan fingerprint density at radius 2 is 1.52 bits per heavy atom. The van der Waals surface area contributed by atoms with Gasteiger partial charge in [0.1, 0.15) is 20.2 Å². The first-order chi connectivity index (χ1) is 13.1. The van der Waals surface area contributed by atoms with E-state index in [4.69, 9.17) is 16.3 Å². The Morgan fingerprint density at radius 3 is 2.19 bits per heavy atom. The fourth-order valence-electron chi connectivity index (χ4n) is 2.47. The molecule has 0 N–H and O–H groups in total. The van der Waals surface area contributed by atoms with Crippen molar-refractivity contribution in [2.75, 3.05) is 31.2 Å². The van der Waals surface area contributed by atoms with Crippen LogP contribution in [0, 0.1) is 0 Å². The average Bonchev–Trinajstić information content (AvgIpc) is 3.24.